The van der Waals surface area contributed by atoms with Crippen molar-refractivity contribution in [2.75, 3.05) is 5.32 Å². The second-order valence-electron chi connectivity index (χ2n) is 4.90. The van der Waals surface area contributed by atoms with Gasteiger partial charge in [0.1, 0.15) is 0 Å². The zero-order valence-electron chi connectivity index (χ0n) is 12.1. The van der Waals surface area contributed by atoms with E-state index < -0.39 is 10.0 Å². The standard InChI is InChI=1S/C14H21BrN2O3S/c1-2-3-4-5-6-7-14(18)17-11-8-9-13(12(15)10-11)21(16,19)20/h8-10H,2-7H2,1H3,(H,17,18)(H2,16,19,20). The van der Waals surface area contributed by atoms with Gasteiger partial charge in [-0.2, -0.15) is 0 Å². The molecule has 5 nitrogen and oxygen atoms in total. The number of carbonyl (C=O) groups excluding carboxylic acids is 1. The molecule has 0 aliphatic rings. The fourth-order valence-corrected chi connectivity index (χ4v) is 3.57. The van der Waals surface area contributed by atoms with Crippen LogP contribution in [0.3, 0.4) is 0 Å². The molecule has 0 atom stereocenters. The Kier molecular flexibility index (Phi) is 7.34. The predicted octanol–water partition coefficient (Wildman–Crippen LogP) is 3.40. The maximum absolute atomic E-state index is 11.8. The van der Waals surface area contributed by atoms with Crippen molar-refractivity contribution in [1.29, 1.82) is 0 Å². The summed E-state index contributed by atoms with van der Waals surface area (Å²) < 4.78 is 22.9. The predicted molar refractivity (Wildman–Crippen MR) is 87.5 cm³/mol. The van der Waals surface area contributed by atoms with Gasteiger partial charge in [-0.15, -0.1) is 0 Å². The van der Waals surface area contributed by atoms with Gasteiger partial charge in [0, 0.05) is 16.6 Å². The summed E-state index contributed by atoms with van der Waals surface area (Å²) >= 11 is 3.14. The van der Waals surface area contributed by atoms with Crippen LogP contribution in [0.25, 0.3) is 0 Å². The highest BCUT2D eigenvalue weighted by Gasteiger charge is 2.13. The van der Waals surface area contributed by atoms with Crippen molar-refractivity contribution >= 4 is 37.5 Å². The minimum atomic E-state index is -3.76. The molecule has 1 rings (SSSR count). The number of benzene rings is 1. The van der Waals surface area contributed by atoms with Crippen molar-refractivity contribution in [3.05, 3.63) is 22.7 Å². The third-order valence-corrected chi connectivity index (χ3v) is 4.92. The number of halogens is 1. The molecule has 0 unspecified atom stereocenters. The van der Waals surface area contributed by atoms with E-state index in [1.807, 2.05) is 0 Å². The maximum Gasteiger partial charge on any atom is 0.239 e. The van der Waals surface area contributed by atoms with E-state index in [1.165, 1.54) is 31.0 Å². The van der Waals surface area contributed by atoms with Crippen LogP contribution in [0.15, 0.2) is 27.6 Å². The van der Waals surface area contributed by atoms with Crippen LogP contribution in [0, 0.1) is 0 Å². The molecule has 0 saturated heterocycles. The van der Waals surface area contributed by atoms with E-state index in [0.29, 0.717) is 16.6 Å². The summed E-state index contributed by atoms with van der Waals surface area (Å²) in [5.41, 5.74) is 0.549. The van der Waals surface area contributed by atoms with Crippen molar-refractivity contribution in [3.8, 4) is 0 Å². The molecule has 0 radical (unpaired) electrons. The summed E-state index contributed by atoms with van der Waals surface area (Å²) in [6, 6.07) is 4.44. The minimum Gasteiger partial charge on any atom is -0.326 e. The van der Waals surface area contributed by atoms with Crippen LogP contribution in [0.4, 0.5) is 5.69 Å². The molecule has 1 aromatic carbocycles. The summed E-state index contributed by atoms with van der Waals surface area (Å²) in [6.45, 7) is 2.15. The van der Waals surface area contributed by atoms with Crippen molar-refractivity contribution in [3.63, 3.8) is 0 Å². The van der Waals surface area contributed by atoms with Crippen LogP contribution in [0.5, 0.6) is 0 Å². The molecule has 7 heteroatoms. The molecule has 0 spiro atoms. The largest absolute Gasteiger partial charge is 0.326 e. The smallest absolute Gasteiger partial charge is 0.239 e. The van der Waals surface area contributed by atoms with Gasteiger partial charge in [-0.25, -0.2) is 13.6 Å². The lowest BCUT2D eigenvalue weighted by Crippen LogP contribution is -2.14. The first-order chi connectivity index (χ1) is 9.84. The third kappa shape index (κ3) is 6.58. The Balaban J connectivity index is 2.52. The normalized spacial score (nSPS) is 11.4. The molecular weight excluding hydrogens is 356 g/mol. The highest BCUT2D eigenvalue weighted by Crippen LogP contribution is 2.24. The van der Waals surface area contributed by atoms with Crippen LogP contribution in [0.2, 0.25) is 0 Å². The van der Waals surface area contributed by atoms with Crippen molar-refractivity contribution < 1.29 is 13.2 Å². The molecule has 1 aromatic rings. The van der Waals surface area contributed by atoms with Gasteiger partial charge < -0.3 is 5.32 Å². The Morgan fingerprint density at radius 2 is 1.90 bits per heavy atom. The molecule has 1 amide bonds. The fraction of sp³-hybridized carbons (Fsp3) is 0.500. The number of nitrogens with one attached hydrogen (secondary N) is 1. The monoisotopic (exact) mass is 376 g/mol. The Morgan fingerprint density at radius 1 is 1.24 bits per heavy atom. The van der Waals surface area contributed by atoms with Crippen LogP contribution in [-0.4, -0.2) is 14.3 Å². The molecule has 0 aliphatic heterocycles. The van der Waals surface area contributed by atoms with Gasteiger partial charge in [0.2, 0.25) is 15.9 Å². The highest BCUT2D eigenvalue weighted by molar-refractivity contribution is 9.10. The molecule has 0 bridgehead atoms. The lowest BCUT2D eigenvalue weighted by atomic mass is 10.1. The van der Waals surface area contributed by atoms with Crippen LogP contribution < -0.4 is 10.5 Å². The van der Waals surface area contributed by atoms with E-state index in [-0.39, 0.29) is 10.8 Å². The molecule has 0 aromatic heterocycles. The second-order valence-corrected chi connectivity index (χ2v) is 7.29. The van der Waals surface area contributed by atoms with E-state index in [1.54, 1.807) is 0 Å². The second kappa shape index (κ2) is 8.51. The van der Waals surface area contributed by atoms with Gasteiger partial charge in [-0.05, 0) is 40.5 Å². The Labute approximate surface area is 134 Å². The topological polar surface area (TPSA) is 89.3 Å². The molecular formula is C14H21BrN2O3S. The molecule has 0 fully saturated rings. The van der Waals surface area contributed by atoms with E-state index in [0.717, 1.165) is 19.3 Å². The number of amides is 1. The average Bonchev–Trinajstić information content (AvgIpc) is 2.37. The number of rotatable bonds is 8. The zero-order valence-corrected chi connectivity index (χ0v) is 14.5. The number of nitrogens with two attached hydrogens (primary N) is 1. The van der Waals surface area contributed by atoms with Gasteiger partial charge in [-0.1, -0.05) is 32.6 Å². The quantitative estimate of drug-likeness (QED) is 0.681. The zero-order chi connectivity index (χ0) is 15.9. The van der Waals surface area contributed by atoms with E-state index in [9.17, 15) is 13.2 Å². The first-order valence-corrected chi connectivity index (χ1v) is 9.30. The SMILES string of the molecule is CCCCCCCC(=O)Nc1ccc(S(N)(=O)=O)c(Br)c1. The summed E-state index contributed by atoms with van der Waals surface area (Å²) in [4.78, 5) is 11.8. The van der Waals surface area contributed by atoms with E-state index in [2.05, 4.69) is 28.2 Å². The first kappa shape index (κ1) is 18.1. The summed E-state index contributed by atoms with van der Waals surface area (Å²) in [6.07, 6.45) is 5.91. The van der Waals surface area contributed by atoms with Crippen LogP contribution in [0.1, 0.15) is 45.4 Å². The van der Waals surface area contributed by atoms with Gasteiger partial charge in [0.25, 0.3) is 0 Å². The Hall–Kier alpha value is -0.920. The van der Waals surface area contributed by atoms with Gasteiger partial charge in [0.05, 0.1) is 4.90 Å². The number of hydrogen-bond donors (Lipinski definition) is 2. The molecule has 3 N–H and O–H groups in total. The molecule has 0 heterocycles. The number of hydrogen-bond acceptors (Lipinski definition) is 3. The van der Waals surface area contributed by atoms with Gasteiger partial charge in [-0.3, -0.25) is 4.79 Å². The summed E-state index contributed by atoms with van der Waals surface area (Å²) in [7, 11) is -3.76. The van der Waals surface area contributed by atoms with Crippen LogP contribution in [-0.2, 0) is 14.8 Å². The summed E-state index contributed by atoms with van der Waals surface area (Å²) in [5.74, 6) is -0.0678. The van der Waals surface area contributed by atoms with E-state index in [4.69, 9.17) is 5.14 Å². The lowest BCUT2D eigenvalue weighted by Gasteiger charge is -2.08. The molecule has 0 aliphatic carbocycles. The Bertz CT molecular complexity index is 588. The van der Waals surface area contributed by atoms with Crippen molar-refractivity contribution in [2.45, 2.75) is 50.3 Å². The Morgan fingerprint density at radius 3 is 2.48 bits per heavy atom. The number of unbranched alkanes of at least 4 members (excludes halogenated alkanes) is 4. The molecule has 118 valence electrons. The molecule has 21 heavy (non-hydrogen) atoms. The van der Waals surface area contributed by atoms with Gasteiger partial charge >= 0.3 is 0 Å². The average molecular weight is 377 g/mol. The van der Waals surface area contributed by atoms with Crippen molar-refractivity contribution in [1.82, 2.24) is 0 Å². The van der Waals surface area contributed by atoms with Crippen LogP contribution >= 0.6 is 15.9 Å². The number of sulfonamides is 1. The van der Waals surface area contributed by atoms with Crippen molar-refractivity contribution in [2.24, 2.45) is 5.14 Å². The number of primary sulfonamides is 1. The third-order valence-electron chi connectivity index (χ3n) is 3.03. The number of carbonyl (C=O) groups is 1. The van der Waals surface area contributed by atoms with E-state index >= 15 is 0 Å². The van der Waals surface area contributed by atoms with Gasteiger partial charge in [0.15, 0.2) is 0 Å². The summed E-state index contributed by atoms with van der Waals surface area (Å²) in [5, 5.41) is 7.82. The first-order valence-electron chi connectivity index (χ1n) is 6.96. The fourth-order valence-electron chi connectivity index (χ4n) is 1.92. The lowest BCUT2D eigenvalue weighted by molar-refractivity contribution is -0.116. The molecule has 0 saturated carbocycles. The number of anilines is 1. The minimum absolute atomic E-state index is 0.0000598. The highest BCUT2D eigenvalue weighted by atomic mass is 79.9. The maximum atomic E-state index is 11.8.